The zero-order valence-corrected chi connectivity index (χ0v) is 22.3. The number of hydrogen-bond acceptors (Lipinski definition) is 4. The molecular formula is C27H23BrClN3O3S. The largest absolute Gasteiger partial charge is 0.351 e. The Kier molecular flexibility index (Phi) is 8.85. The molecule has 1 atom stereocenters. The Morgan fingerprint density at radius 3 is 2.42 bits per heavy atom. The number of carbonyl (C=O) groups excluding carboxylic acids is 3. The Balaban J connectivity index is 1.59. The van der Waals surface area contributed by atoms with E-state index in [9.17, 15) is 14.4 Å². The molecule has 1 heterocycles. The molecule has 3 aromatic carbocycles. The van der Waals surface area contributed by atoms with Crippen LogP contribution in [-0.2, 0) is 20.9 Å². The standard InChI is InChI=1S/C27H23BrClN3O3S/c28-18-10-12-19(13-11-18)31-26(35)25-21(20-8-4-5-9-22(20)29)14-23(33)32-27(25)36-16-24(34)30-15-17-6-2-1-3-7-17/h1-13,21H,14-16H2,(H,30,34)(H,31,35)(H,32,33). The topological polar surface area (TPSA) is 87.3 Å². The first-order chi connectivity index (χ1) is 17.4. The van der Waals surface area contributed by atoms with E-state index < -0.39 is 5.92 Å². The van der Waals surface area contributed by atoms with Crippen LogP contribution in [0, 0.1) is 0 Å². The van der Waals surface area contributed by atoms with Crippen LogP contribution in [0.15, 0.2) is 93.9 Å². The van der Waals surface area contributed by atoms with Crippen molar-refractivity contribution < 1.29 is 14.4 Å². The fourth-order valence-corrected chi connectivity index (χ4v) is 5.29. The summed E-state index contributed by atoms with van der Waals surface area (Å²) in [7, 11) is 0. The predicted molar refractivity (Wildman–Crippen MR) is 147 cm³/mol. The van der Waals surface area contributed by atoms with Crippen molar-refractivity contribution in [1.82, 2.24) is 10.6 Å². The molecule has 0 bridgehead atoms. The summed E-state index contributed by atoms with van der Waals surface area (Å²) in [4.78, 5) is 38.7. The first kappa shape index (κ1) is 26.0. The average Bonchev–Trinajstić information content (AvgIpc) is 2.88. The third-order valence-corrected chi connectivity index (χ3v) is 7.43. The molecule has 3 aromatic rings. The molecule has 3 amide bonds. The van der Waals surface area contributed by atoms with Gasteiger partial charge in [-0.2, -0.15) is 0 Å². The predicted octanol–water partition coefficient (Wildman–Crippen LogP) is 5.61. The maximum absolute atomic E-state index is 13.5. The van der Waals surface area contributed by atoms with Gasteiger partial charge < -0.3 is 16.0 Å². The summed E-state index contributed by atoms with van der Waals surface area (Å²) in [6.07, 6.45) is 0.0666. The van der Waals surface area contributed by atoms with E-state index in [-0.39, 0.29) is 29.9 Å². The molecule has 4 rings (SSSR count). The molecule has 0 radical (unpaired) electrons. The highest BCUT2D eigenvalue weighted by Crippen LogP contribution is 2.39. The van der Waals surface area contributed by atoms with E-state index in [1.54, 1.807) is 24.3 Å². The fourth-order valence-electron chi connectivity index (χ4n) is 3.81. The molecular weight excluding hydrogens is 562 g/mol. The van der Waals surface area contributed by atoms with Crippen LogP contribution >= 0.6 is 39.3 Å². The van der Waals surface area contributed by atoms with Crippen LogP contribution in [0.1, 0.15) is 23.5 Å². The minimum Gasteiger partial charge on any atom is -0.351 e. The number of nitrogens with one attached hydrogen (secondary N) is 3. The monoisotopic (exact) mass is 583 g/mol. The maximum Gasteiger partial charge on any atom is 0.254 e. The summed E-state index contributed by atoms with van der Waals surface area (Å²) in [5, 5.41) is 9.40. The lowest BCUT2D eigenvalue weighted by Gasteiger charge is -2.28. The van der Waals surface area contributed by atoms with E-state index in [0.717, 1.165) is 21.8 Å². The lowest BCUT2D eigenvalue weighted by molar-refractivity contribution is -0.121. The second-order valence-electron chi connectivity index (χ2n) is 8.08. The van der Waals surface area contributed by atoms with E-state index in [0.29, 0.717) is 33.4 Å². The number of thioether (sulfide) groups is 1. The van der Waals surface area contributed by atoms with Crippen LogP contribution in [-0.4, -0.2) is 23.5 Å². The molecule has 0 saturated carbocycles. The lowest BCUT2D eigenvalue weighted by Crippen LogP contribution is -2.36. The Morgan fingerprint density at radius 2 is 1.69 bits per heavy atom. The van der Waals surface area contributed by atoms with Crippen LogP contribution in [0.3, 0.4) is 0 Å². The smallest absolute Gasteiger partial charge is 0.254 e. The van der Waals surface area contributed by atoms with Crippen molar-refractivity contribution >= 4 is 62.7 Å². The molecule has 184 valence electrons. The Morgan fingerprint density at radius 1 is 1.00 bits per heavy atom. The third-order valence-electron chi connectivity index (χ3n) is 5.54. The Labute approximate surface area is 227 Å². The van der Waals surface area contributed by atoms with E-state index in [2.05, 4.69) is 31.9 Å². The third kappa shape index (κ3) is 6.78. The average molecular weight is 585 g/mol. The van der Waals surface area contributed by atoms with Crippen molar-refractivity contribution in [1.29, 1.82) is 0 Å². The quantitative estimate of drug-likeness (QED) is 0.321. The molecule has 36 heavy (non-hydrogen) atoms. The molecule has 0 saturated heterocycles. The molecule has 6 nitrogen and oxygen atoms in total. The number of hydrogen-bond donors (Lipinski definition) is 3. The van der Waals surface area contributed by atoms with Crippen molar-refractivity contribution in [3.63, 3.8) is 0 Å². The van der Waals surface area contributed by atoms with Gasteiger partial charge in [0.25, 0.3) is 5.91 Å². The zero-order chi connectivity index (χ0) is 25.5. The first-order valence-electron chi connectivity index (χ1n) is 11.2. The molecule has 9 heteroatoms. The van der Waals surface area contributed by atoms with Crippen LogP contribution in [0.25, 0.3) is 0 Å². The highest BCUT2D eigenvalue weighted by atomic mass is 79.9. The molecule has 0 fully saturated rings. The lowest BCUT2D eigenvalue weighted by atomic mass is 9.86. The van der Waals surface area contributed by atoms with E-state index in [4.69, 9.17) is 11.6 Å². The highest BCUT2D eigenvalue weighted by Gasteiger charge is 2.35. The first-order valence-corrected chi connectivity index (χ1v) is 13.3. The van der Waals surface area contributed by atoms with Crippen molar-refractivity contribution in [3.05, 3.63) is 110 Å². The van der Waals surface area contributed by atoms with Gasteiger partial charge in [0.05, 0.1) is 16.4 Å². The summed E-state index contributed by atoms with van der Waals surface area (Å²) < 4.78 is 0.886. The summed E-state index contributed by atoms with van der Waals surface area (Å²) in [6.45, 7) is 0.394. The second kappa shape index (κ2) is 12.3. The minimum absolute atomic E-state index is 0.0345. The molecule has 0 spiro atoms. The van der Waals surface area contributed by atoms with Gasteiger partial charge in [-0.3, -0.25) is 14.4 Å². The van der Waals surface area contributed by atoms with Gasteiger partial charge in [0.1, 0.15) is 0 Å². The van der Waals surface area contributed by atoms with E-state index in [1.165, 1.54) is 0 Å². The minimum atomic E-state index is -0.558. The molecule has 0 aromatic heterocycles. The van der Waals surface area contributed by atoms with Crippen LogP contribution in [0.5, 0.6) is 0 Å². The van der Waals surface area contributed by atoms with Crippen molar-refractivity contribution in [2.45, 2.75) is 18.9 Å². The fraction of sp³-hybridized carbons (Fsp3) is 0.148. The van der Waals surface area contributed by atoms with Crippen molar-refractivity contribution in [3.8, 4) is 0 Å². The normalized spacial score (nSPS) is 15.3. The number of benzene rings is 3. The second-order valence-corrected chi connectivity index (χ2v) is 10.4. The number of rotatable bonds is 8. The zero-order valence-electron chi connectivity index (χ0n) is 19.1. The van der Waals surface area contributed by atoms with E-state index >= 15 is 0 Å². The summed E-state index contributed by atoms with van der Waals surface area (Å²) in [5.41, 5.74) is 2.64. The summed E-state index contributed by atoms with van der Waals surface area (Å²) >= 11 is 11.0. The van der Waals surface area contributed by atoms with Crippen LogP contribution < -0.4 is 16.0 Å². The summed E-state index contributed by atoms with van der Waals surface area (Å²) in [6, 6.07) is 23.9. The van der Waals surface area contributed by atoms with Gasteiger partial charge in [0.2, 0.25) is 11.8 Å². The maximum atomic E-state index is 13.5. The number of anilines is 1. The van der Waals surface area contributed by atoms with Gasteiger partial charge in [0.15, 0.2) is 0 Å². The van der Waals surface area contributed by atoms with Gasteiger partial charge in [-0.25, -0.2) is 0 Å². The van der Waals surface area contributed by atoms with E-state index in [1.807, 2.05) is 54.6 Å². The van der Waals surface area contributed by atoms with Gasteiger partial charge in [0, 0.05) is 34.1 Å². The van der Waals surface area contributed by atoms with Gasteiger partial charge in [-0.1, -0.05) is 87.8 Å². The van der Waals surface area contributed by atoms with Gasteiger partial charge >= 0.3 is 0 Å². The SMILES string of the molecule is O=C(CSC1=C(C(=O)Nc2ccc(Br)cc2)C(c2ccccc2Cl)CC(=O)N1)NCc1ccccc1. The Bertz CT molecular complexity index is 1300. The van der Waals surface area contributed by atoms with Crippen molar-refractivity contribution in [2.24, 2.45) is 0 Å². The molecule has 3 N–H and O–H groups in total. The van der Waals surface area contributed by atoms with Crippen LogP contribution in [0.2, 0.25) is 5.02 Å². The highest BCUT2D eigenvalue weighted by molar-refractivity contribution is 9.10. The molecule has 1 unspecified atom stereocenters. The van der Waals surface area contributed by atoms with Gasteiger partial charge in [-0.05, 0) is 41.5 Å². The molecule has 1 aliphatic heterocycles. The molecule has 1 aliphatic rings. The summed E-state index contributed by atoms with van der Waals surface area (Å²) in [5.74, 6) is -1.34. The number of halogens is 2. The Hall–Kier alpha value is -3.07. The van der Waals surface area contributed by atoms with Crippen molar-refractivity contribution in [2.75, 3.05) is 11.1 Å². The van der Waals surface area contributed by atoms with Crippen LogP contribution in [0.4, 0.5) is 5.69 Å². The van der Waals surface area contributed by atoms with Gasteiger partial charge in [-0.15, -0.1) is 0 Å². The number of carbonyl (C=O) groups is 3. The number of amides is 3. The molecule has 0 aliphatic carbocycles.